The van der Waals surface area contributed by atoms with E-state index in [0.717, 1.165) is 6.42 Å². The van der Waals surface area contributed by atoms with Crippen molar-refractivity contribution in [3.8, 4) is 0 Å². The molecule has 0 aliphatic rings. The molecule has 0 spiro atoms. The maximum Gasteiger partial charge on any atom is 0.240 e. The molecule has 0 unspecified atom stereocenters. The van der Waals surface area contributed by atoms with Crippen molar-refractivity contribution in [3.05, 3.63) is 22.7 Å². The van der Waals surface area contributed by atoms with Gasteiger partial charge in [-0.1, -0.05) is 11.6 Å². The number of hydrogen-bond donors (Lipinski definition) is 3. The highest BCUT2D eigenvalue weighted by Gasteiger charge is 2.16. The Labute approximate surface area is 118 Å². The molecule has 0 aromatic heterocycles. The fraction of sp³-hybridized carbons (Fsp3) is 0.500. The van der Waals surface area contributed by atoms with Crippen molar-refractivity contribution in [1.82, 2.24) is 4.72 Å². The summed E-state index contributed by atoms with van der Waals surface area (Å²) in [5.41, 5.74) is 6.54. The van der Waals surface area contributed by atoms with Crippen molar-refractivity contribution in [2.24, 2.45) is 0 Å². The van der Waals surface area contributed by atoms with Gasteiger partial charge in [0.1, 0.15) is 0 Å². The van der Waals surface area contributed by atoms with Gasteiger partial charge in [-0.15, -0.1) is 0 Å². The first-order valence-corrected chi connectivity index (χ1v) is 7.90. The normalized spacial score (nSPS) is 11.7. The SMILES string of the molecule is Cc1cc(S(=O)(=O)NCCCCCO)cc(N)c1Cl. The molecule has 108 valence electrons. The molecule has 0 aliphatic carbocycles. The molecule has 19 heavy (non-hydrogen) atoms. The van der Waals surface area contributed by atoms with Crippen LogP contribution in [-0.4, -0.2) is 26.7 Å². The molecule has 1 rings (SSSR count). The molecule has 0 amide bonds. The molecular formula is C12H19ClN2O3S. The van der Waals surface area contributed by atoms with E-state index in [0.29, 0.717) is 30.0 Å². The van der Waals surface area contributed by atoms with Crippen molar-refractivity contribution in [1.29, 1.82) is 0 Å². The van der Waals surface area contributed by atoms with E-state index >= 15 is 0 Å². The maximum absolute atomic E-state index is 12.0. The zero-order chi connectivity index (χ0) is 14.5. The molecule has 0 saturated heterocycles. The lowest BCUT2D eigenvalue weighted by molar-refractivity contribution is 0.283. The smallest absolute Gasteiger partial charge is 0.240 e. The predicted octanol–water partition coefficient (Wildman–Crippen LogP) is 1.67. The van der Waals surface area contributed by atoms with Gasteiger partial charge in [0.05, 0.1) is 15.6 Å². The number of aryl methyl sites for hydroxylation is 1. The second-order valence-corrected chi connectivity index (χ2v) is 6.47. The average molecular weight is 307 g/mol. The topological polar surface area (TPSA) is 92.4 Å². The summed E-state index contributed by atoms with van der Waals surface area (Å²) in [5, 5.41) is 9.00. The lowest BCUT2D eigenvalue weighted by atomic mass is 10.2. The van der Waals surface area contributed by atoms with Gasteiger partial charge in [0, 0.05) is 13.2 Å². The molecule has 4 N–H and O–H groups in total. The molecule has 0 aliphatic heterocycles. The van der Waals surface area contributed by atoms with Crippen LogP contribution in [0.4, 0.5) is 5.69 Å². The first-order valence-electron chi connectivity index (χ1n) is 6.04. The van der Waals surface area contributed by atoms with E-state index in [2.05, 4.69) is 4.72 Å². The van der Waals surface area contributed by atoms with Crippen molar-refractivity contribution in [2.45, 2.75) is 31.1 Å². The summed E-state index contributed by atoms with van der Waals surface area (Å²) in [4.78, 5) is 0.119. The molecule has 0 saturated carbocycles. The van der Waals surface area contributed by atoms with Crippen LogP contribution in [0.25, 0.3) is 0 Å². The Bertz CT molecular complexity index is 509. The van der Waals surface area contributed by atoms with Crippen LogP contribution in [0, 0.1) is 6.92 Å². The summed E-state index contributed by atoms with van der Waals surface area (Å²) in [6, 6.07) is 2.85. The van der Waals surface area contributed by atoms with E-state index < -0.39 is 10.0 Å². The molecule has 1 aromatic carbocycles. The number of unbranched alkanes of at least 4 members (excludes halogenated alkanes) is 2. The van der Waals surface area contributed by atoms with E-state index in [9.17, 15) is 8.42 Å². The second-order valence-electron chi connectivity index (χ2n) is 4.33. The number of nitrogen functional groups attached to an aromatic ring is 1. The molecule has 0 radical (unpaired) electrons. The third kappa shape index (κ3) is 4.65. The number of anilines is 1. The zero-order valence-corrected chi connectivity index (χ0v) is 12.4. The van der Waals surface area contributed by atoms with Crippen LogP contribution in [0.1, 0.15) is 24.8 Å². The van der Waals surface area contributed by atoms with Gasteiger partial charge in [0.2, 0.25) is 10.0 Å². The Morgan fingerprint density at radius 1 is 1.32 bits per heavy atom. The Morgan fingerprint density at radius 3 is 2.58 bits per heavy atom. The first-order chi connectivity index (χ1) is 8.88. The van der Waals surface area contributed by atoms with E-state index in [-0.39, 0.29) is 17.2 Å². The summed E-state index contributed by atoms with van der Waals surface area (Å²) in [7, 11) is -3.56. The van der Waals surface area contributed by atoms with Crippen LogP contribution < -0.4 is 10.5 Å². The van der Waals surface area contributed by atoms with Gasteiger partial charge < -0.3 is 10.8 Å². The number of nitrogens with two attached hydrogens (primary N) is 1. The van der Waals surface area contributed by atoms with Crippen LogP contribution in [0.2, 0.25) is 5.02 Å². The predicted molar refractivity (Wildman–Crippen MR) is 76.7 cm³/mol. The quantitative estimate of drug-likeness (QED) is 0.528. The summed E-state index contributed by atoms with van der Waals surface area (Å²) >= 11 is 5.90. The van der Waals surface area contributed by atoms with E-state index in [1.807, 2.05) is 0 Å². The summed E-state index contributed by atoms with van der Waals surface area (Å²) in [6.07, 6.45) is 2.14. The van der Waals surface area contributed by atoms with Gasteiger partial charge >= 0.3 is 0 Å². The maximum atomic E-state index is 12.0. The summed E-state index contributed by atoms with van der Waals surface area (Å²) in [6.45, 7) is 2.17. The van der Waals surface area contributed by atoms with Crippen molar-refractivity contribution in [2.75, 3.05) is 18.9 Å². The van der Waals surface area contributed by atoms with Crippen molar-refractivity contribution in [3.63, 3.8) is 0 Å². The minimum atomic E-state index is -3.56. The molecule has 1 aromatic rings. The van der Waals surface area contributed by atoms with Gasteiger partial charge in [0.25, 0.3) is 0 Å². The number of aliphatic hydroxyl groups is 1. The van der Waals surface area contributed by atoms with Crippen molar-refractivity contribution >= 4 is 27.3 Å². The minimum Gasteiger partial charge on any atom is -0.397 e. The fourth-order valence-corrected chi connectivity index (χ4v) is 2.92. The first kappa shape index (κ1) is 16.2. The third-order valence-corrected chi connectivity index (χ3v) is 4.65. The highest BCUT2D eigenvalue weighted by molar-refractivity contribution is 7.89. The van der Waals surface area contributed by atoms with Crippen LogP contribution in [0.3, 0.4) is 0 Å². The molecule has 7 heteroatoms. The largest absolute Gasteiger partial charge is 0.397 e. The van der Waals surface area contributed by atoms with Crippen LogP contribution in [0.5, 0.6) is 0 Å². The molecule has 0 fully saturated rings. The Morgan fingerprint density at radius 2 is 2.00 bits per heavy atom. The third-order valence-electron chi connectivity index (χ3n) is 2.69. The van der Waals surface area contributed by atoms with E-state index in [4.69, 9.17) is 22.4 Å². The second kappa shape index (κ2) is 7.09. The summed E-state index contributed by atoms with van der Waals surface area (Å²) < 4.78 is 26.5. The lowest BCUT2D eigenvalue weighted by Crippen LogP contribution is -2.25. The van der Waals surface area contributed by atoms with Gasteiger partial charge in [-0.2, -0.15) is 0 Å². The molecule has 0 atom stereocenters. The van der Waals surface area contributed by atoms with Crippen molar-refractivity contribution < 1.29 is 13.5 Å². The Balaban J connectivity index is 2.72. The van der Waals surface area contributed by atoms with Gasteiger partial charge in [-0.3, -0.25) is 0 Å². The lowest BCUT2D eigenvalue weighted by Gasteiger charge is -2.10. The highest BCUT2D eigenvalue weighted by Crippen LogP contribution is 2.26. The Hall–Kier alpha value is -0.820. The zero-order valence-electron chi connectivity index (χ0n) is 10.8. The van der Waals surface area contributed by atoms with Gasteiger partial charge in [0.15, 0.2) is 0 Å². The number of rotatable bonds is 7. The van der Waals surface area contributed by atoms with Crippen LogP contribution in [-0.2, 0) is 10.0 Å². The minimum absolute atomic E-state index is 0.119. The fourth-order valence-electron chi connectivity index (χ4n) is 1.62. The molecule has 0 heterocycles. The number of aliphatic hydroxyl groups excluding tert-OH is 1. The number of sulfonamides is 1. The number of benzene rings is 1. The van der Waals surface area contributed by atoms with E-state index in [1.165, 1.54) is 12.1 Å². The number of hydrogen-bond acceptors (Lipinski definition) is 4. The standard InChI is InChI=1S/C12H19ClN2O3S/c1-9-7-10(8-11(14)12(9)13)19(17,18)15-5-3-2-4-6-16/h7-8,15-16H,2-6,14H2,1H3. The molecular weight excluding hydrogens is 288 g/mol. The van der Waals surface area contributed by atoms with Crippen LogP contribution >= 0.6 is 11.6 Å². The highest BCUT2D eigenvalue weighted by atomic mass is 35.5. The number of nitrogens with one attached hydrogen (secondary N) is 1. The molecule has 0 bridgehead atoms. The van der Waals surface area contributed by atoms with Gasteiger partial charge in [-0.05, 0) is 43.9 Å². The number of halogens is 1. The average Bonchev–Trinajstić information content (AvgIpc) is 2.35. The Kier molecular flexibility index (Phi) is 6.06. The van der Waals surface area contributed by atoms with Gasteiger partial charge in [-0.25, -0.2) is 13.1 Å². The molecule has 5 nitrogen and oxygen atoms in total. The van der Waals surface area contributed by atoms with E-state index in [1.54, 1.807) is 6.92 Å². The monoisotopic (exact) mass is 306 g/mol. The summed E-state index contributed by atoms with van der Waals surface area (Å²) in [5.74, 6) is 0. The van der Waals surface area contributed by atoms with Crippen LogP contribution in [0.15, 0.2) is 17.0 Å².